The van der Waals surface area contributed by atoms with Gasteiger partial charge in [-0.05, 0) is 49.9 Å². The van der Waals surface area contributed by atoms with Crippen LogP contribution < -0.4 is 4.72 Å². The number of sulfonamides is 1. The van der Waals surface area contributed by atoms with Crippen molar-refractivity contribution in [1.82, 2.24) is 4.72 Å². The minimum atomic E-state index is -3.35. The van der Waals surface area contributed by atoms with Crippen molar-refractivity contribution in [3.05, 3.63) is 28.8 Å². The summed E-state index contributed by atoms with van der Waals surface area (Å²) in [7, 11) is -3.35. The lowest BCUT2D eigenvalue weighted by Gasteiger charge is -2.11. The van der Waals surface area contributed by atoms with E-state index in [1.54, 1.807) is 6.07 Å². The molecule has 3 nitrogen and oxygen atoms in total. The van der Waals surface area contributed by atoms with E-state index in [0.29, 0.717) is 11.4 Å². The summed E-state index contributed by atoms with van der Waals surface area (Å²) < 4.78 is 26.8. The van der Waals surface area contributed by atoms with Gasteiger partial charge >= 0.3 is 0 Å². The lowest BCUT2D eigenvalue weighted by Crippen LogP contribution is -2.25. The van der Waals surface area contributed by atoms with Gasteiger partial charge in [0, 0.05) is 6.54 Å². The number of hydrogen-bond acceptors (Lipinski definition) is 2. The smallest absolute Gasteiger partial charge is 0.211 e. The molecule has 0 unspecified atom stereocenters. The van der Waals surface area contributed by atoms with Gasteiger partial charge in [-0.15, -0.1) is 0 Å². The van der Waals surface area contributed by atoms with Gasteiger partial charge in [0.2, 0.25) is 10.0 Å². The predicted octanol–water partition coefficient (Wildman–Crippen LogP) is 2.69. The molecule has 0 saturated heterocycles. The van der Waals surface area contributed by atoms with Gasteiger partial charge in [-0.2, -0.15) is 0 Å². The molecule has 4 heteroatoms. The summed E-state index contributed by atoms with van der Waals surface area (Å²) in [5.74, 6) is 0. The van der Waals surface area contributed by atoms with E-state index in [0.717, 1.165) is 29.5 Å². The van der Waals surface area contributed by atoms with E-state index < -0.39 is 10.0 Å². The van der Waals surface area contributed by atoms with Crippen LogP contribution in [0.1, 0.15) is 36.5 Å². The van der Waals surface area contributed by atoms with Gasteiger partial charge in [0.25, 0.3) is 0 Å². The van der Waals surface area contributed by atoms with Gasteiger partial charge in [-0.1, -0.05) is 19.4 Å². The van der Waals surface area contributed by atoms with Crippen LogP contribution in [-0.4, -0.2) is 15.0 Å². The Balaban J connectivity index is 3.03. The van der Waals surface area contributed by atoms with E-state index in [1.165, 1.54) is 0 Å². The third kappa shape index (κ3) is 3.54. The molecule has 0 heterocycles. The highest BCUT2D eigenvalue weighted by atomic mass is 32.2. The normalized spacial score (nSPS) is 11.8. The molecular weight excluding hydrogens is 234 g/mol. The van der Waals surface area contributed by atoms with Gasteiger partial charge in [-0.25, -0.2) is 13.1 Å². The number of benzene rings is 1. The number of nitrogens with one attached hydrogen (secondary N) is 1. The number of aryl methyl sites for hydroxylation is 3. The summed E-state index contributed by atoms with van der Waals surface area (Å²) in [6.45, 7) is 8.30. The van der Waals surface area contributed by atoms with Crippen LogP contribution in [0.5, 0.6) is 0 Å². The SMILES string of the molecule is CCCCNS(=O)(=O)c1cc(C)c(C)cc1C. The minimum absolute atomic E-state index is 0.400. The van der Waals surface area contributed by atoms with Crippen molar-refractivity contribution >= 4 is 10.0 Å². The molecule has 1 N–H and O–H groups in total. The van der Waals surface area contributed by atoms with Crippen LogP contribution in [0.4, 0.5) is 0 Å². The van der Waals surface area contributed by atoms with E-state index in [1.807, 2.05) is 33.8 Å². The van der Waals surface area contributed by atoms with Gasteiger partial charge in [-0.3, -0.25) is 0 Å². The number of hydrogen-bond donors (Lipinski definition) is 1. The van der Waals surface area contributed by atoms with Crippen LogP contribution in [0.2, 0.25) is 0 Å². The van der Waals surface area contributed by atoms with Crippen LogP contribution in [0.15, 0.2) is 17.0 Å². The zero-order valence-corrected chi connectivity index (χ0v) is 11.8. The molecule has 0 aromatic heterocycles. The molecule has 0 saturated carbocycles. The summed E-state index contributed by atoms with van der Waals surface area (Å²) in [4.78, 5) is 0.400. The summed E-state index contributed by atoms with van der Waals surface area (Å²) in [5, 5.41) is 0. The topological polar surface area (TPSA) is 46.2 Å². The predicted molar refractivity (Wildman–Crippen MR) is 70.7 cm³/mol. The Bertz CT molecular complexity index is 492. The van der Waals surface area contributed by atoms with E-state index in [9.17, 15) is 8.42 Å². The maximum absolute atomic E-state index is 12.1. The first-order valence-electron chi connectivity index (χ1n) is 5.96. The molecule has 17 heavy (non-hydrogen) atoms. The largest absolute Gasteiger partial charge is 0.240 e. The number of unbranched alkanes of at least 4 members (excludes halogenated alkanes) is 1. The molecule has 1 aromatic rings. The third-order valence-electron chi connectivity index (χ3n) is 2.90. The minimum Gasteiger partial charge on any atom is -0.211 e. The number of rotatable bonds is 5. The second-order valence-corrected chi connectivity index (χ2v) is 6.19. The van der Waals surface area contributed by atoms with Crippen molar-refractivity contribution in [3.8, 4) is 0 Å². The van der Waals surface area contributed by atoms with Crippen molar-refractivity contribution < 1.29 is 8.42 Å². The second kappa shape index (κ2) is 5.65. The lowest BCUT2D eigenvalue weighted by atomic mass is 10.1. The fourth-order valence-corrected chi connectivity index (χ4v) is 3.07. The highest BCUT2D eigenvalue weighted by molar-refractivity contribution is 7.89. The molecule has 1 rings (SSSR count). The first kappa shape index (κ1) is 14.2. The third-order valence-corrected chi connectivity index (χ3v) is 4.51. The van der Waals surface area contributed by atoms with E-state index in [-0.39, 0.29) is 0 Å². The highest BCUT2D eigenvalue weighted by Crippen LogP contribution is 2.19. The van der Waals surface area contributed by atoms with Crippen LogP contribution in [0.25, 0.3) is 0 Å². The Morgan fingerprint density at radius 3 is 2.24 bits per heavy atom. The first-order chi connectivity index (χ1) is 7.88. The molecule has 96 valence electrons. The second-order valence-electron chi connectivity index (χ2n) is 4.45. The van der Waals surface area contributed by atoms with Gasteiger partial charge in [0.15, 0.2) is 0 Å². The van der Waals surface area contributed by atoms with Crippen molar-refractivity contribution in [2.24, 2.45) is 0 Å². The quantitative estimate of drug-likeness (QED) is 0.822. The van der Waals surface area contributed by atoms with Gasteiger partial charge in [0.1, 0.15) is 0 Å². The molecular formula is C13H21NO2S. The average molecular weight is 255 g/mol. The van der Waals surface area contributed by atoms with E-state index >= 15 is 0 Å². The Morgan fingerprint density at radius 1 is 1.06 bits per heavy atom. The van der Waals surface area contributed by atoms with Crippen molar-refractivity contribution in [2.45, 2.75) is 45.4 Å². The molecule has 0 fully saturated rings. The molecule has 0 bridgehead atoms. The van der Waals surface area contributed by atoms with Crippen molar-refractivity contribution in [1.29, 1.82) is 0 Å². The molecule has 1 aromatic carbocycles. The standard InChI is InChI=1S/C13H21NO2S/c1-5-6-7-14-17(15,16)13-9-11(3)10(2)8-12(13)4/h8-9,14H,5-7H2,1-4H3. The Labute approximate surface area is 104 Å². The molecule has 0 aliphatic rings. The van der Waals surface area contributed by atoms with Gasteiger partial charge in [0.05, 0.1) is 4.90 Å². The van der Waals surface area contributed by atoms with Crippen molar-refractivity contribution in [2.75, 3.05) is 6.54 Å². The summed E-state index contributed by atoms with van der Waals surface area (Å²) in [5.41, 5.74) is 2.93. The summed E-state index contributed by atoms with van der Waals surface area (Å²) in [6.07, 6.45) is 1.84. The molecule has 0 aliphatic carbocycles. The van der Waals surface area contributed by atoms with Crippen LogP contribution >= 0.6 is 0 Å². The lowest BCUT2D eigenvalue weighted by molar-refractivity contribution is 0.577. The van der Waals surface area contributed by atoms with Crippen LogP contribution in [0, 0.1) is 20.8 Å². The molecule has 0 amide bonds. The Hall–Kier alpha value is -0.870. The monoisotopic (exact) mass is 255 g/mol. The maximum Gasteiger partial charge on any atom is 0.240 e. The zero-order valence-electron chi connectivity index (χ0n) is 11.0. The van der Waals surface area contributed by atoms with Gasteiger partial charge < -0.3 is 0 Å². The first-order valence-corrected chi connectivity index (χ1v) is 7.44. The molecule has 0 radical (unpaired) electrons. The Kier molecular flexibility index (Phi) is 4.71. The van der Waals surface area contributed by atoms with E-state index in [4.69, 9.17) is 0 Å². The highest BCUT2D eigenvalue weighted by Gasteiger charge is 2.16. The average Bonchev–Trinajstić information content (AvgIpc) is 2.23. The Morgan fingerprint density at radius 2 is 1.65 bits per heavy atom. The van der Waals surface area contributed by atoms with Crippen LogP contribution in [-0.2, 0) is 10.0 Å². The fraction of sp³-hybridized carbons (Fsp3) is 0.538. The maximum atomic E-state index is 12.1. The molecule has 0 aliphatic heterocycles. The molecule has 0 spiro atoms. The van der Waals surface area contributed by atoms with Crippen LogP contribution in [0.3, 0.4) is 0 Å². The van der Waals surface area contributed by atoms with Crippen molar-refractivity contribution in [3.63, 3.8) is 0 Å². The zero-order chi connectivity index (χ0) is 13.1. The fourth-order valence-electron chi connectivity index (χ4n) is 1.68. The summed E-state index contributed by atoms with van der Waals surface area (Å²) in [6, 6.07) is 3.67. The molecule has 0 atom stereocenters. The van der Waals surface area contributed by atoms with E-state index in [2.05, 4.69) is 4.72 Å². The summed E-state index contributed by atoms with van der Waals surface area (Å²) >= 11 is 0.